The highest BCUT2D eigenvalue weighted by Gasteiger charge is 2.21. The number of ether oxygens (including phenoxy) is 1. The van der Waals surface area contributed by atoms with Gasteiger partial charge < -0.3 is 10.1 Å². The summed E-state index contributed by atoms with van der Waals surface area (Å²) in [7, 11) is 0. The molecular formula is C15H23BrN2O. The van der Waals surface area contributed by atoms with Gasteiger partial charge in [-0.25, -0.2) is 4.98 Å². The predicted octanol–water partition coefficient (Wildman–Crippen LogP) is 3.91. The van der Waals surface area contributed by atoms with Crippen molar-refractivity contribution in [2.75, 3.05) is 6.54 Å². The Kier molecular flexibility index (Phi) is 5.64. The third kappa shape index (κ3) is 4.46. The Hall–Kier alpha value is -0.610. The van der Waals surface area contributed by atoms with E-state index in [1.165, 1.54) is 12.8 Å². The van der Waals surface area contributed by atoms with Gasteiger partial charge in [-0.15, -0.1) is 0 Å². The SMILES string of the molecule is CCNCc1cc(Br)cnc1OC1CCCC(C)C1. The van der Waals surface area contributed by atoms with E-state index in [0.29, 0.717) is 6.10 Å². The van der Waals surface area contributed by atoms with Gasteiger partial charge in [0.15, 0.2) is 0 Å². The van der Waals surface area contributed by atoms with Crippen LogP contribution < -0.4 is 10.1 Å². The minimum atomic E-state index is 0.331. The second-order valence-corrected chi connectivity index (χ2v) is 6.33. The van der Waals surface area contributed by atoms with Crippen LogP contribution in [0.5, 0.6) is 5.88 Å². The summed E-state index contributed by atoms with van der Waals surface area (Å²) in [5.74, 6) is 1.56. The number of hydrogen-bond acceptors (Lipinski definition) is 3. The average Bonchev–Trinajstić information content (AvgIpc) is 2.39. The molecule has 0 radical (unpaired) electrons. The number of hydrogen-bond donors (Lipinski definition) is 1. The van der Waals surface area contributed by atoms with E-state index >= 15 is 0 Å². The minimum Gasteiger partial charge on any atom is -0.474 e. The van der Waals surface area contributed by atoms with Crippen LogP contribution in [-0.2, 0) is 6.54 Å². The van der Waals surface area contributed by atoms with Crippen molar-refractivity contribution >= 4 is 15.9 Å². The molecule has 3 nitrogen and oxygen atoms in total. The van der Waals surface area contributed by atoms with Crippen LogP contribution in [0.1, 0.15) is 45.1 Å². The maximum atomic E-state index is 6.14. The van der Waals surface area contributed by atoms with Gasteiger partial charge in [0.05, 0.1) is 0 Å². The number of nitrogens with zero attached hydrogens (tertiary/aromatic N) is 1. The maximum Gasteiger partial charge on any atom is 0.218 e. The van der Waals surface area contributed by atoms with Crippen LogP contribution in [0.2, 0.25) is 0 Å². The molecule has 1 aromatic rings. The van der Waals surface area contributed by atoms with E-state index in [-0.39, 0.29) is 0 Å². The molecule has 1 fully saturated rings. The highest BCUT2D eigenvalue weighted by Crippen LogP contribution is 2.28. The van der Waals surface area contributed by atoms with E-state index in [9.17, 15) is 0 Å². The number of rotatable bonds is 5. The molecule has 1 aromatic heterocycles. The zero-order valence-electron chi connectivity index (χ0n) is 11.8. The van der Waals surface area contributed by atoms with Crippen molar-refractivity contribution in [3.63, 3.8) is 0 Å². The van der Waals surface area contributed by atoms with Gasteiger partial charge in [0, 0.05) is 22.8 Å². The lowest BCUT2D eigenvalue weighted by Crippen LogP contribution is -2.25. The van der Waals surface area contributed by atoms with Crippen molar-refractivity contribution in [3.05, 3.63) is 22.3 Å². The number of halogens is 1. The van der Waals surface area contributed by atoms with Gasteiger partial charge in [0.1, 0.15) is 6.10 Å². The van der Waals surface area contributed by atoms with Crippen LogP contribution in [0.4, 0.5) is 0 Å². The highest BCUT2D eigenvalue weighted by molar-refractivity contribution is 9.10. The van der Waals surface area contributed by atoms with Crippen LogP contribution in [-0.4, -0.2) is 17.6 Å². The van der Waals surface area contributed by atoms with Crippen molar-refractivity contribution in [2.24, 2.45) is 5.92 Å². The molecule has 0 bridgehead atoms. The minimum absolute atomic E-state index is 0.331. The van der Waals surface area contributed by atoms with Gasteiger partial charge in [-0.3, -0.25) is 0 Å². The first kappa shape index (κ1) is 14.8. The summed E-state index contributed by atoms with van der Waals surface area (Å²) in [6.45, 7) is 6.17. The molecule has 2 atom stereocenters. The molecule has 1 saturated carbocycles. The van der Waals surface area contributed by atoms with E-state index in [1.54, 1.807) is 0 Å². The lowest BCUT2D eigenvalue weighted by molar-refractivity contribution is 0.122. The molecule has 4 heteroatoms. The van der Waals surface area contributed by atoms with Crippen molar-refractivity contribution < 1.29 is 4.74 Å². The molecule has 106 valence electrons. The second kappa shape index (κ2) is 7.25. The Morgan fingerprint density at radius 3 is 3.05 bits per heavy atom. The normalized spacial score (nSPS) is 23.3. The predicted molar refractivity (Wildman–Crippen MR) is 81.4 cm³/mol. The fourth-order valence-electron chi connectivity index (χ4n) is 2.60. The molecule has 1 heterocycles. The third-order valence-corrected chi connectivity index (χ3v) is 4.06. The largest absolute Gasteiger partial charge is 0.474 e. The summed E-state index contributed by atoms with van der Waals surface area (Å²) >= 11 is 3.48. The number of nitrogens with one attached hydrogen (secondary N) is 1. The number of pyridine rings is 1. The summed E-state index contributed by atoms with van der Waals surface area (Å²) in [5, 5.41) is 3.34. The highest BCUT2D eigenvalue weighted by atomic mass is 79.9. The molecule has 0 saturated heterocycles. The van der Waals surface area contributed by atoms with Crippen LogP contribution in [0, 0.1) is 5.92 Å². The van der Waals surface area contributed by atoms with E-state index in [2.05, 4.69) is 46.1 Å². The van der Waals surface area contributed by atoms with Gasteiger partial charge in [-0.1, -0.05) is 20.3 Å². The maximum absolute atomic E-state index is 6.14. The van der Waals surface area contributed by atoms with Crippen molar-refractivity contribution in [3.8, 4) is 5.88 Å². The molecule has 19 heavy (non-hydrogen) atoms. The summed E-state index contributed by atoms with van der Waals surface area (Å²) in [4.78, 5) is 4.44. The van der Waals surface area contributed by atoms with Crippen molar-refractivity contribution in [1.82, 2.24) is 10.3 Å². The Morgan fingerprint density at radius 1 is 1.47 bits per heavy atom. The van der Waals surface area contributed by atoms with Crippen molar-refractivity contribution in [1.29, 1.82) is 0 Å². The van der Waals surface area contributed by atoms with Gasteiger partial charge in [0.25, 0.3) is 0 Å². The summed E-state index contributed by atoms with van der Waals surface area (Å²) in [5.41, 5.74) is 1.13. The Labute approximate surface area is 124 Å². The molecule has 1 aliphatic carbocycles. The Balaban J connectivity index is 2.05. The fraction of sp³-hybridized carbons (Fsp3) is 0.667. The number of aromatic nitrogens is 1. The Morgan fingerprint density at radius 2 is 2.32 bits per heavy atom. The van der Waals surface area contributed by atoms with E-state index in [4.69, 9.17) is 4.74 Å². The monoisotopic (exact) mass is 326 g/mol. The van der Waals surface area contributed by atoms with E-state index in [0.717, 1.165) is 47.8 Å². The molecular weight excluding hydrogens is 304 g/mol. The summed E-state index contributed by atoms with van der Waals surface area (Å²) < 4.78 is 7.14. The van der Waals surface area contributed by atoms with Gasteiger partial charge >= 0.3 is 0 Å². The van der Waals surface area contributed by atoms with Crippen LogP contribution in [0.25, 0.3) is 0 Å². The summed E-state index contributed by atoms with van der Waals surface area (Å²) in [6.07, 6.45) is 7.05. The first-order chi connectivity index (χ1) is 9.19. The summed E-state index contributed by atoms with van der Waals surface area (Å²) in [6, 6.07) is 2.09. The fourth-order valence-corrected chi connectivity index (χ4v) is 2.98. The lowest BCUT2D eigenvalue weighted by Gasteiger charge is -2.27. The van der Waals surface area contributed by atoms with Crippen LogP contribution >= 0.6 is 15.9 Å². The second-order valence-electron chi connectivity index (χ2n) is 5.41. The molecule has 0 amide bonds. The lowest BCUT2D eigenvalue weighted by atomic mass is 9.89. The first-order valence-electron chi connectivity index (χ1n) is 7.20. The first-order valence-corrected chi connectivity index (χ1v) is 8.00. The van der Waals surface area contributed by atoms with E-state index in [1.807, 2.05) is 6.20 Å². The van der Waals surface area contributed by atoms with Gasteiger partial charge in [-0.2, -0.15) is 0 Å². The van der Waals surface area contributed by atoms with Crippen molar-refractivity contribution in [2.45, 2.75) is 52.2 Å². The molecule has 0 aromatic carbocycles. The standard InChI is InChI=1S/C15H23BrN2O/c1-3-17-9-12-8-13(16)10-18-15(12)19-14-6-4-5-11(2)7-14/h8,10-11,14,17H,3-7,9H2,1-2H3. The van der Waals surface area contributed by atoms with Crippen LogP contribution in [0.15, 0.2) is 16.7 Å². The smallest absolute Gasteiger partial charge is 0.218 e. The quantitative estimate of drug-likeness (QED) is 0.890. The van der Waals surface area contributed by atoms with E-state index < -0.39 is 0 Å². The van der Waals surface area contributed by atoms with Crippen LogP contribution in [0.3, 0.4) is 0 Å². The Bertz CT molecular complexity index is 411. The average molecular weight is 327 g/mol. The molecule has 0 spiro atoms. The molecule has 1 aliphatic rings. The zero-order chi connectivity index (χ0) is 13.7. The molecule has 2 rings (SSSR count). The third-order valence-electron chi connectivity index (χ3n) is 3.62. The molecule has 2 unspecified atom stereocenters. The zero-order valence-corrected chi connectivity index (χ0v) is 13.4. The molecule has 1 N–H and O–H groups in total. The molecule has 0 aliphatic heterocycles. The van der Waals surface area contributed by atoms with Gasteiger partial charge in [0.2, 0.25) is 5.88 Å². The van der Waals surface area contributed by atoms with Gasteiger partial charge in [-0.05, 0) is 53.7 Å². The topological polar surface area (TPSA) is 34.2 Å².